The fourth-order valence-electron chi connectivity index (χ4n) is 4.09. The fraction of sp³-hybridized carbons (Fsp3) is 0.333. The lowest BCUT2D eigenvalue weighted by Crippen LogP contribution is -2.38. The van der Waals surface area contributed by atoms with E-state index >= 15 is 0 Å². The maximum Gasteiger partial charge on any atom is 0.387 e. The molecule has 0 aliphatic carbocycles. The van der Waals surface area contributed by atoms with Gasteiger partial charge in [0.05, 0.1) is 13.3 Å². The first kappa shape index (κ1) is 23.3. The number of likely N-dealkylation sites (tertiary alicyclic amines) is 1. The molecule has 4 rings (SSSR count). The summed E-state index contributed by atoms with van der Waals surface area (Å²) in [7, 11) is 3.42. The van der Waals surface area contributed by atoms with Crippen LogP contribution >= 0.6 is 0 Å². The first-order valence-corrected chi connectivity index (χ1v) is 10.8. The second-order valence-corrected chi connectivity index (χ2v) is 7.98. The van der Waals surface area contributed by atoms with E-state index in [-0.39, 0.29) is 17.4 Å². The molecule has 0 saturated carbocycles. The van der Waals surface area contributed by atoms with Crippen molar-refractivity contribution in [3.05, 3.63) is 60.0 Å². The third-order valence-electron chi connectivity index (χ3n) is 5.95. The number of aromatic nitrogens is 2. The minimum absolute atomic E-state index is 0.0211. The summed E-state index contributed by atoms with van der Waals surface area (Å²) < 4.78 is 42.1. The quantitative estimate of drug-likeness (QED) is 0.547. The number of piperidine rings is 1. The number of pyridine rings is 1. The third kappa shape index (κ3) is 5.05. The molecular weight excluding hydrogens is 446 g/mol. The van der Waals surface area contributed by atoms with Gasteiger partial charge in [-0.3, -0.25) is 4.79 Å². The molecule has 2 N–H and O–H groups in total. The predicted molar refractivity (Wildman–Crippen MR) is 122 cm³/mol. The molecule has 1 aromatic carbocycles. The predicted octanol–water partition coefficient (Wildman–Crippen LogP) is 4.42. The van der Waals surface area contributed by atoms with Gasteiger partial charge in [-0.15, -0.1) is 0 Å². The Morgan fingerprint density at radius 2 is 1.76 bits per heavy atom. The summed E-state index contributed by atoms with van der Waals surface area (Å²) in [4.78, 5) is 19.1. The smallest absolute Gasteiger partial charge is 0.387 e. The van der Waals surface area contributed by atoms with Crippen LogP contribution in [0.1, 0.15) is 34.9 Å². The van der Waals surface area contributed by atoms with Gasteiger partial charge in [-0.25, -0.2) is 4.98 Å². The van der Waals surface area contributed by atoms with Crippen LogP contribution < -0.4 is 19.9 Å². The summed E-state index contributed by atoms with van der Waals surface area (Å²) in [6, 6.07) is 11.2. The Morgan fingerprint density at radius 1 is 1.09 bits per heavy atom. The van der Waals surface area contributed by atoms with Crippen LogP contribution in [0, 0.1) is 0 Å². The van der Waals surface area contributed by atoms with Gasteiger partial charge >= 0.3 is 6.61 Å². The lowest BCUT2D eigenvalue weighted by molar-refractivity contribution is -0.0498. The third-order valence-corrected chi connectivity index (χ3v) is 5.95. The number of alkyl halides is 2. The van der Waals surface area contributed by atoms with Crippen molar-refractivity contribution in [2.24, 2.45) is 7.05 Å². The highest BCUT2D eigenvalue weighted by atomic mass is 19.3. The van der Waals surface area contributed by atoms with Gasteiger partial charge in [0.25, 0.3) is 5.91 Å². The Balaban J connectivity index is 1.41. The van der Waals surface area contributed by atoms with Gasteiger partial charge in [0, 0.05) is 37.8 Å². The average Bonchev–Trinajstić information content (AvgIpc) is 3.18. The van der Waals surface area contributed by atoms with Crippen molar-refractivity contribution in [2.45, 2.75) is 25.4 Å². The normalized spacial score (nSPS) is 14.3. The zero-order chi connectivity index (χ0) is 24.2. The van der Waals surface area contributed by atoms with Gasteiger partial charge in [-0.1, -0.05) is 0 Å². The minimum Gasteiger partial charge on any atom is -0.493 e. The molecule has 0 bridgehead atoms. The highest BCUT2D eigenvalue weighted by molar-refractivity contribution is 5.93. The number of nitrogens with two attached hydrogens (primary N) is 1. The molecule has 180 valence electrons. The Labute approximate surface area is 195 Å². The SMILES string of the molecule is COc1cc(C(=O)N2CCC(c3ccc(N)n3C)CC2)ncc1Oc1ccc(OC(F)F)cc1. The van der Waals surface area contributed by atoms with E-state index in [0.29, 0.717) is 36.3 Å². The molecule has 34 heavy (non-hydrogen) atoms. The molecule has 0 unspecified atom stereocenters. The van der Waals surface area contributed by atoms with Crippen molar-refractivity contribution in [3.63, 3.8) is 0 Å². The number of ether oxygens (including phenoxy) is 3. The molecule has 10 heteroatoms. The Kier molecular flexibility index (Phi) is 6.85. The lowest BCUT2D eigenvalue weighted by Gasteiger charge is -2.32. The monoisotopic (exact) mass is 472 g/mol. The zero-order valence-corrected chi connectivity index (χ0v) is 18.9. The molecule has 3 aromatic rings. The van der Waals surface area contributed by atoms with E-state index in [4.69, 9.17) is 15.2 Å². The molecule has 2 aromatic heterocycles. The number of methoxy groups -OCH3 is 1. The lowest BCUT2D eigenvalue weighted by atomic mass is 9.93. The molecular formula is C24H26F2N4O4. The van der Waals surface area contributed by atoms with Crippen LogP contribution in [0.15, 0.2) is 48.7 Å². The van der Waals surface area contributed by atoms with Crippen molar-refractivity contribution in [2.75, 3.05) is 25.9 Å². The van der Waals surface area contributed by atoms with Gasteiger partial charge in [0.1, 0.15) is 23.0 Å². The van der Waals surface area contributed by atoms with Crippen molar-refractivity contribution in [1.82, 2.24) is 14.5 Å². The van der Waals surface area contributed by atoms with E-state index in [1.165, 1.54) is 49.3 Å². The van der Waals surface area contributed by atoms with Gasteiger partial charge < -0.3 is 29.4 Å². The molecule has 0 spiro atoms. The Bertz CT molecular complexity index is 1140. The number of carbonyl (C=O) groups is 1. The molecule has 1 saturated heterocycles. The molecule has 8 nitrogen and oxygen atoms in total. The second kappa shape index (κ2) is 9.98. The summed E-state index contributed by atoms with van der Waals surface area (Å²) in [6.07, 6.45) is 3.09. The molecule has 1 aliphatic heterocycles. The van der Waals surface area contributed by atoms with Crippen LogP contribution in [0.25, 0.3) is 0 Å². The molecule has 1 aliphatic rings. The Morgan fingerprint density at radius 3 is 2.35 bits per heavy atom. The number of rotatable bonds is 7. The molecule has 1 fully saturated rings. The van der Waals surface area contributed by atoms with Crippen LogP contribution in [-0.2, 0) is 7.05 Å². The highest BCUT2D eigenvalue weighted by Gasteiger charge is 2.27. The van der Waals surface area contributed by atoms with E-state index in [1.807, 2.05) is 23.7 Å². The average molecular weight is 472 g/mol. The van der Waals surface area contributed by atoms with Gasteiger partial charge in [-0.2, -0.15) is 8.78 Å². The maximum absolute atomic E-state index is 13.0. The molecule has 0 radical (unpaired) electrons. The summed E-state index contributed by atoms with van der Waals surface area (Å²) >= 11 is 0. The number of benzene rings is 1. The number of nitrogens with zero attached hydrogens (tertiary/aromatic N) is 3. The number of halogens is 2. The van der Waals surface area contributed by atoms with Crippen molar-refractivity contribution in [1.29, 1.82) is 0 Å². The van der Waals surface area contributed by atoms with E-state index in [9.17, 15) is 13.6 Å². The molecule has 0 atom stereocenters. The van der Waals surface area contributed by atoms with Crippen LogP contribution in [0.5, 0.6) is 23.0 Å². The van der Waals surface area contributed by atoms with Crippen LogP contribution in [0.3, 0.4) is 0 Å². The van der Waals surface area contributed by atoms with Crippen molar-refractivity contribution in [3.8, 4) is 23.0 Å². The second-order valence-electron chi connectivity index (χ2n) is 7.98. The van der Waals surface area contributed by atoms with Gasteiger partial charge in [-0.05, 0) is 49.2 Å². The first-order valence-electron chi connectivity index (χ1n) is 10.8. The van der Waals surface area contributed by atoms with Crippen molar-refractivity contribution < 1.29 is 27.8 Å². The zero-order valence-electron chi connectivity index (χ0n) is 18.9. The summed E-state index contributed by atoms with van der Waals surface area (Å²) in [5.41, 5.74) is 7.38. The van der Waals surface area contributed by atoms with Crippen LogP contribution in [0.4, 0.5) is 14.6 Å². The van der Waals surface area contributed by atoms with E-state index in [0.717, 1.165) is 18.7 Å². The standard InChI is InChI=1S/C24H26F2N4O4/c1-29-19(7-8-22(29)27)15-9-11-30(12-10-15)23(31)18-13-20(32-2)21(14-28-18)33-16-3-5-17(6-4-16)34-24(25)26/h3-8,13-15,24H,9-12,27H2,1-2H3. The highest BCUT2D eigenvalue weighted by Crippen LogP contribution is 2.34. The number of hydrogen-bond donors (Lipinski definition) is 1. The van der Waals surface area contributed by atoms with Crippen molar-refractivity contribution >= 4 is 11.7 Å². The summed E-state index contributed by atoms with van der Waals surface area (Å²) in [5.74, 6) is 1.92. The number of nitrogen functional groups attached to an aromatic ring is 1. The van der Waals surface area contributed by atoms with E-state index < -0.39 is 6.61 Å². The number of anilines is 1. The number of amides is 1. The van der Waals surface area contributed by atoms with E-state index in [1.54, 1.807) is 4.90 Å². The van der Waals surface area contributed by atoms with Gasteiger partial charge in [0.15, 0.2) is 11.5 Å². The maximum atomic E-state index is 13.0. The summed E-state index contributed by atoms with van der Waals surface area (Å²) in [5, 5.41) is 0. The van der Waals surface area contributed by atoms with Gasteiger partial charge in [0.2, 0.25) is 0 Å². The minimum atomic E-state index is -2.90. The van der Waals surface area contributed by atoms with E-state index in [2.05, 4.69) is 9.72 Å². The first-order chi connectivity index (χ1) is 16.4. The number of hydrogen-bond acceptors (Lipinski definition) is 6. The largest absolute Gasteiger partial charge is 0.493 e. The number of carbonyl (C=O) groups excluding carboxylic acids is 1. The Hall–Kier alpha value is -3.82. The molecule has 1 amide bonds. The summed E-state index contributed by atoms with van der Waals surface area (Å²) in [6.45, 7) is -1.67. The fourth-order valence-corrected chi connectivity index (χ4v) is 4.09. The van der Waals surface area contributed by atoms with Crippen LogP contribution in [-0.4, -0.2) is 47.2 Å². The van der Waals surface area contributed by atoms with Crippen LogP contribution in [0.2, 0.25) is 0 Å². The topological polar surface area (TPSA) is 91.8 Å². The molecule has 3 heterocycles.